The van der Waals surface area contributed by atoms with Gasteiger partial charge in [-0.1, -0.05) is 13.0 Å². The standard InChI is InChI=1S/C24H30N6O3/c1-16-9-11-29(12-10-16)23-6-5-21-26-27-22(30(21)28-23)7-8-24(31)25-17(2)18-3-4-19-20(15-18)33-14-13-32-19/h3-6,15-17H,7-14H2,1-2H3,(H,25,31). The summed E-state index contributed by atoms with van der Waals surface area (Å²) in [7, 11) is 0. The molecule has 9 heteroatoms. The minimum atomic E-state index is -0.144. The lowest BCUT2D eigenvalue weighted by Gasteiger charge is -2.30. The van der Waals surface area contributed by atoms with E-state index in [0.717, 1.165) is 41.9 Å². The van der Waals surface area contributed by atoms with E-state index in [4.69, 9.17) is 14.6 Å². The zero-order valence-electron chi connectivity index (χ0n) is 19.2. The minimum Gasteiger partial charge on any atom is -0.486 e. The van der Waals surface area contributed by atoms with Crippen LogP contribution in [0, 0.1) is 5.92 Å². The maximum absolute atomic E-state index is 12.6. The Labute approximate surface area is 193 Å². The SMILES string of the molecule is CC1CCN(c2ccc3nnc(CCC(=O)NC(C)c4ccc5c(c4)OCCO5)n3n2)CC1. The van der Waals surface area contributed by atoms with E-state index in [9.17, 15) is 4.79 Å². The second-order valence-electron chi connectivity index (χ2n) is 8.94. The number of ether oxygens (including phenoxy) is 2. The Morgan fingerprint density at radius 2 is 1.91 bits per heavy atom. The maximum atomic E-state index is 12.6. The number of carbonyl (C=O) groups excluding carboxylic acids is 1. The van der Waals surface area contributed by atoms with Crippen molar-refractivity contribution in [3.63, 3.8) is 0 Å². The molecular formula is C24H30N6O3. The number of piperidine rings is 1. The smallest absolute Gasteiger partial charge is 0.220 e. The van der Waals surface area contributed by atoms with Gasteiger partial charge in [-0.05, 0) is 55.5 Å². The van der Waals surface area contributed by atoms with Crippen molar-refractivity contribution in [2.24, 2.45) is 5.92 Å². The molecule has 2 aliphatic heterocycles. The minimum absolute atomic E-state index is 0.0460. The lowest BCUT2D eigenvalue weighted by molar-refractivity contribution is -0.121. The maximum Gasteiger partial charge on any atom is 0.220 e. The van der Waals surface area contributed by atoms with Crippen molar-refractivity contribution in [3.8, 4) is 11.5 Å². The molecule has 1 saturated heterocycles. The number of nitrogens with one attached hydrogen (secondary N) is 1. The third kappa shape index (κ3) is 4.72. The Hall–Kier alpha value is -3.36. The Morgan fingerprint density at radius 1 is 1.12 bits per heavy atom. The highest BCUT2D eigenvalue weighted by Gasteiger charge is 2.19. The van der Waals surface area contributed by atoms with Crippen LogP contribution < -0.4 is 19.7 Å². The lowest BCUT2D eigenvalue weighted by Crippen LogP contribution is -2.33. The summed E-state index contributed by atoms with van der Waals surface area (Å²) >= 11 is 0. The van der Waals surface area contributed by atoms with E-state index in [2.05, 4.69) is 27.3 Å². The van der Waals surface area contributed by atoms with Gasteiger partial charge in [0.25, 0.3) is 0 Å². The number of fused-ring (bicyclic) bond motifs is 2. The fourth-order valence-corrected chi connectivity index (χ4v) is 4.34. The Morgan fingerprint density at radius 3 is 2.73 bits per heavy atom. The number of hydrogen-bond donors (Lipinski definition) is 1. The number of carbonyl (C=O) groups is 1. The van der Waals surface area contributed by atoms with E-state index in [1.807, 2.05) is 37.3 Å². The highest BCUT2D eigenvalue weighted by molar-refractivity contribution is 5.76. The fourth-order valence-electron chi connectivity index (χ4n) is 4.34. The predicted molar refractivity (Wildman–Crippen MR) is 124 cm³/mol. The summed E-state index contributed by atoms with van der Waals surface area (Å²) in [6.45, 7) is 7.38. The zero-order valence-corrected chi connectivity index (χ0v) is 19.2. The molecule has 1 atom stereocenters. The van der Waals surface area contributed by atoms with Crippen LogP contribution >= 0.6 is 0 Å². The number of anilines is 1. The number of rotatable bonds is 6. The highest BCUT2D eigenvalue weighted by Crippen LogP contribution is 2.32. The van der Waals surface area contributed by atoms with Gasteiger partial charge in [0.15, 0.2) is 23.0 Å². The van der Waals surface area contributed by atoms with Crippen LogP contribution in [0.15, 0.2) is 30.3 Å². The van der Waals surface area contributed by atoms with Gasteiger partial charge in [0.1, 0.15) is 19.0 Å². The molecule has 0 spiro atoms. The van der Waals surface area contributed by atoms with Crippen molar-refractivity contribution in [2.45, 2.75) is 45.6 Å². The fraction of sp³-hybridized carbons (Fsp3) is 0.500. The van der Waals surface area contributed by atoms with Crippen LogP contribution in [-0.2, 0) is 11.2 Å². The van der Waals surface area contributed by atoms with Crippen molar-refractivity contribution in [1.82, 2.24) is 25.1 Å². The molecule has 0 aliphatic carbocycles. The van der Waals surface area contributed by atoms with Gasteiger partial charge in [-0.2, -0.15) is 4.52 Å². The van der Waals surface area contributed by atoms with Crippen LogP contribution in [-0.4, -0.2) is 52.0 Å². The average Bonchev–Trinajstić information content (AvgIpc) is 3.25. The molecule has 33 heavy (non-hydrogen) atoms. The monoisotopic (exact) mass is 450 g/mol. The van der Waals surface area contributed by atoms with Gasteiger partial charge in [-0.25, -0.2) is 0 Å². The van der Waals surface area contributed by atoms with Crippen molar-refractivity contribution >= 4 is 17.4 Å². The van der Waals surface area contributed by atoms with Gasteiger partial charge in [0.05, 0.1) is 6.04 Å². The first-order valence-electron chi connectivity index (χ1n) is 11.7. The zero-order chi connectivity index (χ0) is 22.8. The van der Waals surface area contributed by atoms with Gasteiger partial charge in [-0.3, -0.25) is 4.79 Å². The van der Waals surface area contributed by atoms with Gasteiger partial charge in [-0.15, -0.1) is 15.3 Å². The van der Waals surface area contributed by atoms with Gasteiger partial charge in [0.2, 0.25) is 5.91 Å². The largest absolute Gasteiger partial charge is 0.486 e. The van der Waals surface area contributed by atoms with Crippen molar-refractivity contribution < 1.29 is 14.3 Å². The van der Waals surface area contributed by atoms with Crippen LogP contribution in [0.3, 0.4) is 0 Å². The van der Waals surface area contributed by atoms with Crippen LogP contribution in [0.5, 0.6) is 11.5 Å². The van der Waals surface area contributed by atoms with Crippen LogP contribution in [0.1, 0.15) is 50.5 Å². The van der Waals surface area contributed by atoms with Crippen LogP contribution in [0.2, 0.25) is 0 Å². The second kappa shape index (κ2) is 9.25. The summed E-state index contributed by atoms with van der Waals surface area (Å²) in [5, 5.41) is 16.3. The quantitative estimate of drug-likeness (QED) is 0.617. The first-order valence-corrected chi connectivity index (χ1v) is 11.7. The summed E-state index contributed by atoms with van der Waals surface area (Å²) in [4.78, 5) is 14.9. The molecule has 0 radical (unpaired) electrons. The lowest BCUT2D eigenvalue weighted by atomic mass is 9.99. The molecule has 0 saturated carbocycles. The molecule has 9 nitrogen and oxygen atoms in total. The van der Waals surface area contributed by atoms with E-state index < -0.39 is 0 Å². The number of aryl methyl sites for hydroxylation is 1. The third-order valence-electron chi connectivity index (χ3n) is 6.44. The van der Waals surface area contributed by atoms with Crippen molar-refractivity contribution in [1.29, 1.82) is 0 Å². The van der Waals surface area contributed by atoms with Crippen LogP contribution in [0.25, 0.3) is 5.65 Å². The first-order chi connectivity index (χ1) is 16.1. The molecule has 1 aromatic carbocycles. The molecule has 1 unspecified atom stereocenters. The Kier molecular flexibility index (Phi) is 6.02. The molecule has 3 aromatic rings. The van der Waals surface area contributed by atoms with E-state index in [-0.39, 0.29) is 11.9 Å². The van der Waals surface area contributed by atoms with E-state index >= 15 is 0 Å². The predicted octanol–water partition coefficient (Wildman–Crippen LogP) is 2.94. The topological polar surface area (TPSA) is 93.9 Å². The van der Waals surface area contributed by atoms with Crippen molar-refractivity contribution in [3.05, 3.63) is 41.7 Å². The molecule has 1 fully saturated rings. The number of nitrogens with zero attached hydrogens (tertiary/aromatic N) is 5. The number of benzene rings is 1. The number of hydrogen-bond acceptors (Lipinski definition) is 7. The molecule has 0 bridgehead atoms. The Balaban J connectivity index is 1.21. The molecule has 2 aliphatic rings. The summed E-state index contributed by atoms with van der Waals surface area (Å²) in [5.41, 5.74) is 1.67. The summed E-state index contributed by atoms with van der Waals surface area (Å²) in [6, 6.07) is 9.58. The van der Waals surface area contributed by atoms with Crippen LogP contribution in [0.4, 0.5) is 5.82 Å². The van der Waals surface area contributed by atoms with Crippen molar-refractivity contribution in [2.75, 3.05) is 31.2 Å². The molecule has 5 rings (SSSR count). The molecule has 1 amide bonds. The normalized spacial score (nSPS) is 17.2. The molecule has 2 aromatic heterocycles. The molecule has 174 valence electrons. The summed E-state index contributed by atoms with van der Waals surface area (Å²) < 4.78 is 13.0. The van der Waals surface area contributed by atoms with E-state index in [1.54, 1.807) is 4.52 Å². The van der Waals surface area contributed by atoms with Gasteiger partial charge in [0, 0.05) is 25.9 Å². The number of aromatic nitrogens is 4. The second-order valence-corrected chi connectivity index (χ2v) is 8.94. The summed E-state index contributed by atoms with van der Waals surface area (Å²) in [6.07, 6.45) is 3.13. The summed E-state index contributed by atoms with van der Waals surface area (Å²) in [5.74, 6) is 3.81. The Bertz CT molecular complexity index is 1140. The van der Waals surface area contributed by atoms with E-state index in [1.165, 1.54) is 12.8 Å². The molecule has 1 N–H and O–H groups in total. The molecular weight excluding hydrogens is 420 g/mol. The highest BCUT2D eigenvalue weighted by atomic mass is 16.6. The third-order valence-corrected chi connectivity index (χ3v) is 6.44. The first kappa shape index (κ1) is 21.5. The van der Waals surface area contributed by atoms with Gasteiger partial charge < -0.3 is 19.7 Å². The number of amides is 1. The van der Waals surface area contributed by atoms with Gasteiger partial charge >= 0.3 is 0 Å². The average molecular weight is 451 g/mol. The molecule has 4 heterocycles. The van der Waals surface area contributed by atoms with E-state index in [0.29, 0.717) is 37.5 Å².